The van der Waals surface area contributed by atoms with Gasteiger partial charge in [-0.2, -0.15) is 0 Å². The van der Waals surface area contributed by atoms with Crippen molar-refractivity contribution in [2.45, 2.75) is 6.92 Å². The molecule has 22 heavy (non-hydrogen) atoms. The summed E-state index contributed by atoms with van der Waals surface area (Å²) < 4.78 is 5.14. The van der Waals surface area contributed by atoms with Gasteiger partial charge in [0.1, 0.15) is 5.75 Å². The van der Waals surface area contributed by atoms with Gasteiger partial charge >= 0.3 is 5.97 Å². The number of hydrogen-bond donors (Lipinski definition) is 2. The van der Waals surface area contributed by atoms with E-state index in [-0.39, 0.29) is 11.5 Å². The van der Waals surface area contributed by atoms with E-state index in [0.717, 1.165) is 0 Å². The number of benzene rings is 2. The van der Waals surface area contributed by atoms with Crippen LogP contribution in [0.3, 0.4) is 0 Å². The quantitative estimate of drug-likeness (QED) is 0.902. The molecule has 0 aliphatic rings. The fourth-order valence-corrected chi connectivity index (χ4v) is 2.16. The van der Waals surface area contributed by atoms with E-state index in [1.54, 1.807) is 25.1 Å². The Labute approximate surface area is 132 Å². The van der Waals surface area contributed by atoms with Gasteiger partial charge in [-0.15, -0.1) is 0 Å². The zero-order valence-electron chi connectivity index (χ0n) is 12.0. The highest BCUT2D eigenvalue weighted by Gasteiger charge is 2.14. The molecule has 114 valence electrons. The lowest BCUT2D eigenvalue weighted by Gasteiger charge is -2.12. The summed E-state index contributed by atoms with van der Waals surface area (Å²) in [5.41, 5.74) is 1.64. The van der Waals surface area contributed by atoms with Gasteiger partial charge in [-0.25, -0.2) is 4.79 Å². The fraction of sp³-hybridized carbons (Fsp3) is 0.125. The Bertz CT molecular complexity index is 743. The van der Waals surface area contributed by atoms with Gasteiger partial charge in [0.2, 0.25) is 0 Å². The molecule has 2 aromatic rings. The van der Waals surface area contributed by atoms with Crippen LogP contribution in [0.1, 0.15) is 26.3 Å². The molecule has 0 unspecified atom stereocenters. The molecular formula is C16H14ClNO4. The van der Waals surface area contributed by atoms with Crippen molar-refractivity contribution in [3.8, 4) is 5.75 Å². The van der Waals surface area contributed by atoms with Crippen molar-refractivity contribution in [2.24, 2.45) is 0 Å². The second kappa shape index (κ2) is 6.49. The Balaban J connectivity index is 2.29. The third kappa shape index (κ3) is 3.38. The summed E-state index contributed by atoms with van der Waals surface area (Å²) >= 11 is 5.91. The predicted molar refractivity (Wildman–Crippen MR) is 84.1 cm³/mol. The maximum Gasteiger partial charge on any atom is 0.335 e. The number of anilines is 1. The maximum absolute atomic E-state index is 12.4. The number of halogens is 1. The molecule has 0 atom stereocenters. The molecule has 2 N–H and O–H groups in total. The first-order valence-electron chi connectivity index (χ1n) is 6.41. The highest BCUT2D eigenvalue weighted by atomic mass is 35.5. The first kappa shape index (κ1) is 15.9. The smallest absolute Gasteiger partial charge is 0.335 e. The lowest BCUT2D eigenvalue weighted by molar-refractivity contribution is 0.0696. The SMILES string of the molecule is COc1ccc(Cl)cc1C(=O)Nc1ccc(C(=O)O)cc1C. The number of amides is 1. The van der Waals surface area contributed by atoms with Crippen LogP contribution in [0.25, 0.3) is 0 Å². The minimum absolute atomic E-state index is 0.163. The number of methoxy groups -OCH3 is 1. The Morgan fingerprint density at radius 2 is 1.91 bits per heavy atom. The van der Waals surface area contributed by atoms with Crippen LogP contribution in [0, 0.1) is 6.92 Å². The lowest BCUT2D eigenvalue weighted by atomic mass is 10.1. The summed E-state index contributed by atoms with van der Waals surface area (Å²) in [7, 11) is 1.47. The van der Waals surface area contributed by atoms with Gasteiger partial charge in [-0.05, 0) is 48.9 Å². The number of aromatic carboxylic acids is 1. The molecule has 0 radical (unpaired) electrons. The molecule has 1 amide bonds. The van der Waals surface area contributed by atoms with Gasteiger partial charge in [-0.1, -0.05) is 11.6 Å². The summed E-state index contributed by atoms with van der Waals surface area (Å²) in [6.45, 7) is 1.72. The molecule has 2 rings (SSSR count). The standard InChI is InChI=1S/C16H14ClNO4/c1-9-7-10(16(20)21)3-5-13(9)18-15(19)12-8-11(17)4-6-14(12)22-2/h3-8H,1-2H3,(H,18,19)(H,20,21). The van der Waals surface area contributed by atoms with Crippen molar-refractivity contribution in [1.29, 1.82) is 0 Å². The van der Waals surface area contributed by atoms with Gasteiger partial charge in [0, 0.05) is 10.7 Å². The van der Waals surface area contributed by atoms with E-state index in [1.807, 2.05) is 0 Å². The van der Waals surface area contributed by atoms with Crippen LogP contribution in [0.2, 0.25) is 5.02 Å². The Hall–Kier alpha value is -2.53. The lowest BCUT2D eigenvalue weighted by Crippen LogP contribution is -2.14. The van der Waals surface area contributed by atoms with Gasteiger partial charge < -0.3 is 15.2 Å². The first-order chi connectivity index (χ1) is 10.4. The molecule has 0 fully saturated rings. The van der Waals surface area contributed by atoms with E-state index < -0.39 is 5.97 Å². The van der Waals surface area contributed by atoms with E-state index in [1.165, 1.54) is 25.3 Å². The third-order valence-electron chi connectivity index (χ3n) is 3.13. The molecule has 6 heteroatoms. The normalized spacial score (nSPS) is 10.1. The molecule has 5 nitrogen and oxygen atoms in total. The molecule has 2 aromatic carbocycles. The monoisotopic (exact) mass is 319 g/mol. The van der Waals surface area contributed by atoms with Crippen LogP contribution < -0.4 is 10.1 Å². The number of carbonyl (C=O) groups excluding carboxylic acids is 1. The molecule has 0 spiro atoms. The molecule has 0 saturated heterocycles. The number of aryl methyl sites for hydroxylation is 1. The number of hydrogen-bond acceptors (Lipinski definition) is 3. The second-order valence-corrected chi connectivity index (χ2v) is 5.07. The summed E-state index contributed by atoms with van der Waals surface area (Å²) in [6.07, 6.45) is 0. The van der Waals surface area contributed by atoms with Crippen LogP contribution in [-0.4, -0.2) is 24.1 Å². The average Bonchev–Trinajstić information content (AvgIpc) is 2.48. The maximum atomic E-state index is 12.4. The van der Waals surface area contributed by atoms with Crippen molar-refractivity contribution in [2.75, 3.05) is 12.4 Å². The largest absolute Gasteiger partial charge is 0.496 e. The minimum atomic E-state index is -1.02. The second-order valence-electron chi connectivity index (χ2n) is 4.63. The van der Waals surface area contributed by atoms with Gasteiger partial charge in [0.15, 0.2) is 0 Å². The molecular weight excluding hydrogens is 306 g/mol. The topological polar surface area (TPSA) is 75.6 Å². The number of carbonyl (C=O) groups is 2. The van der Waals surface area contributed by atoms with Crippen LogP contribution in [0.4, 0.5) is 5.69 Å². The van der Waals surface area contributed by atoms with Gasteiger partial charge in [0.05, 0.1) is 18.2 Å². The molecule has 0 aliphatic carbocycles. The van der Waals surface area contributed by atoms with E-state index >= 15 is 0 Å². The van der Waals surface area contributed by atoms with E-state index in [4.69, 9.17) is 21.4 Å². The number of nitrogens with one attached hydrogen (secondary N) is 1. The average molecular weight is 320 g/mol. The van der Waals surface area contributed by atoms with E-state index in [9.17, 15) is 9.59 Å². The Morgan fingerprint density at radius 3 is 2.50 bits per heavy atom. The molecule has 0 aliphatic heterocycles. The van der Waals surface area contributed by atoms with Crippen LogP contribution in [-0.2, 0) is 0 Å². The molecule has 0 saturated carbocycles. The number of rotatable bonds is 4. The van der Waals surface area contributed by atoms with E-state index in [2.05, 4.69) is 5.32 Å². The molecule has 0 bridgehead atoms. The number of ether oxygens (including phenoxy) is 1. The number of carboxylic acid groups (broad SMARTS) is 1. The van der Waals surface area contributed by atoms with Crippen LogP contribution in [0.5, 0.6) is 5.75 Å². The predicted octanol–water partition coefficient (Wildman–Crippen LogP) is 3.61. The summed E-state index contributed by atoms with van der Waals surface area (Å²) in [4.78, 5) is 23.3. The highest BCUT2D eigenvalue weighted by molar-refractivity contribution is 6.31. The van der Waals surface area contributed by atoms with Crippen LogP contribution in [0.15, 0.2) is 36.4 Å². The van der Waals surface area contributed by atoms with Crippen LogP contribution >= 0.6 is 11.6 Å². The van der Waals surface area contributed by atoms with Gasteiger partial charge in [-0.3, -0.25) is 4.79 Å². The summed E-state index contributed by atoms with van der Waals surface area (Å²) in [5, 5.41) is 12.1. The highest BCUT2D eigenvalue weighted by Crippen LogP contribution is 2.24. The first-order valence-corrected chi connectivity index (χ1v) is 6.79. The zero-order chi connectivity index (χ0) is 16.3. The third-order valence-corrected chi connectivity index (χ3v) is 3.36. The fourth-order valence-electron chi connectivity index (χ4n) is 1.98. The summed E-state index contributed by atoms with van der Waals surface area (Å²) in [5.74, 6) is -0.996. The van der Waals surface area contributed by atoms with Gasteiger partial charge in [0.25, 0.3) is 5.91 Å². The van der Waals surface area contributed by atoms with Crippen molar-refractivity contribution in [3.05, 3.63) is 58.1 Å². The number of carboxylic acids is 1. The molecule has 0 aromatic heterocycles. The van der Waals surface area contributed by atoms with Crippen molar-refractivity contribution >= 4 is 29.2 Å². The molecule has 0 heterocycles. The van der Waals surface area contributed by atoms with Crippen molar-refractivity contribution < 1.29 is 19.4 Å². The van der Waals surface area contributed by atoms with Crippen molar-refractivity contribution in [1.82, 2.24) is 0 Å². The Kier molecular flexibility index (Phi) is 4.68. The minimum Gasteiger partial charge on any atom is -0.496 e. The Morgan fingerprint density at radius 1 is 1.18 bits per heavy atom. The zero-order valence-corrected chi connectivity index (χ0v) is 12.8. The summed E-state index contributed by atoms with van der Waals surface area (Å²) in [6, 6.07) is 9.22. The van der Waals surface area contributed by atoms with Crippen molar-refractivity contribution in [3.63, 3.8) is 0 Å². The van der Waals surface area contributed by atoms with E-state index in [0.29, 0.717) is 27.6 Å².